The zero-order chi connectivity index (χ0) is 38.2. The first-order valence-electron chi connectivity index (χ1n) is 21.5. The molecule has 0 spiro atoms. The summed E-state index contributed by atoms with van der Waals surface area (Å²) in [6.07, 6.45) is 25.8. The predicted molar refractivity (Wildman–Crippen MR) is 209 cm³/mol. The zero-order valence-electron chi connectivity index (χ0n) is 33.2. The van der Waals surface area contributed by atoms with E-state index in [1.54, 1.807) is 6.08 Å². The molecule has 0 aromatic carbocycles. The normalized spacial score (nSPS) is 22.5. The van der Waals surface area contributed by atoms with E-state index < -0.39 is 61.5 Å². The minimum absolute atomic E-state index is 0.302. The van der Waals surface area contributed by atoms with Crippen LogP contribution in [0.15, 0.2) is 12.2 Å². The molecule has 52 heavy (non-hydrogen) atoms. The molecule has 7 N–H and O–H groups in total. The van der Waals surface area contributed by atoms with Crippen molar-refractivity contribution in [2.75, 3.05) is 13.2 Å². The van der Waals surface area contributed by atoms with Gasteiger partial charge >= 0.3 is 0 Å². The third kappa shape index (κ3) is 23.6. The molecule has 0 radical (unpaired) electrons. The summed E-state index contributed by atoms with van der Waals surface area (Å²) in [7, 11) is 0. The quantitative estimate of drug-likeness (QED) is 0.0264. The van der Waals surface area contributed by atoms with E-state index in [4.69, 9.17) is 9.47 Å². The molecule has 2 unspecified atom stereocenters. The molecule has 1 aliphatic rings. The third-order valence-electron chi connectivity index (χ3n) is 10.5. The van der Waals surface area contributed by atoms with Crippen LogP contribution >= 0.6 is 0 Å². The molecule has 0 bridgehead atoms. The lowest BCUT2D eigenvalue weighted by atomic mass is 9.99. The molecule has 10 heteroatoms. The smallest absolute Gasteiger partial charge is 0.249 e. The van der Waals surface area contributed by atoms with Crippen molar-refractivity contribution >= 4 is 5.91 Å². The Balaban J connectivity index is 2.46. The Morgan fingerprint density at radius 2 is 1.10 bits per heavy atom. The highest BCUT2D eigenvalue weighted by Crippen LogP contribution is 2.23. The van der Waals surface area contributed by atoms with E-state index >= 15 is 0 Å². The van der Waals surface area contributed by atoms with Crippen molar-refractivity contribution in [3.63, 3.8) is 0 Å². The van der Waals surface area contributed by atoms with Crippen LogP contribution in [0.4, 0.5) is 0 Å². The van der Waals surface area contributed by atoms with Crippen molar-refractivity contribution in [2.45, 2.75) is 236 Å². The van der Waals surface area contributed by atoms with Gasteiger partial charge in [-0.25, -0.2) is 0 Å². The van der Waals surface area contributed by atoms with Crippen LogP contribution in [-0.4, -0.2) is 98.7 Å². The van der Waals surface area contributed by atoms with E-state index in [0.717, 1.165) is 44.9 Å². The van der Waals surface area contributed by atoms with Gasteiger partial charge in [0, 0.05) is 0 Å². The Morgan fingerprint density at radius 1 is 0.654 bits per heavy atom. The summed E-state index contributed by atoms with van der Waals surface area (Å²) >= 11 is 0. The molecule has 0 aromatic rings. The van der Waals surface area contributed by atoms with Gasteiger partial charge in [0.1, 0.15) is 30.5 Å². The molecule has 1 aliphatic heterocycles. The van der Waals surface area contributed by atoms with Crippen molar-refractivity contribution in [3.05, 3.63) is 12.2 Å². The zero-order valence-corrected chi connectivity index (χ0v) is 33.2. The number of nitrogens with one attached hydrogen (secondary N) is 1. The van der Waals surface area contributed by atoms with Gasteiger partial charge in [0.25, 0.3) is 0 Å². The number of unbranched alkanes of at least 4 members (excludes halogenated alkanes) is 24. The van der Waals surface area contributed by atoms with Crippen LogP contribution in [0.3, 0.4) is 0 Å². The summed E-state index contributed by atoms with van der Waals surface area (Å²) in [5, 5.41) is 64.5. The number of amides is 1. The molecule has 1 saturated heterocycles. The van der Waals surface area contributed by atoms with Gasteiger partial charge in [0.15, 0.2) is 6.29 Å². The van der Waals surface area contributed by atoms with E-state index in [2.05, 4.69) is 19.2 Å². The number of aliphatic hydroxyl groups is 6. The topological polar surface area (TPSA) is 169 Å². The molecule has 0 aromatic heterocycles. The summed E-state index contributed by atoms with van der Waals surface area (Å²) in [4.78, 5) is 13.0. The lowest BCUT2D eigenvalue weighted by Crippen LogP contribution is -2.60. The summed E-state index contributed by atoms with van der Waals surface area (Å²) in [6, 6.07) is -0.973. The fourth-order valence-electron chi connectivity index (χ4n) is 6.87. The lowest BCUT2D eigenvalue weighted by molar-refractivity contribution is -0.302. The Bertz CT molecular complexity index is 844. The molecule has 1 amide bonds. The second-order valence-electron chi connectivity index (χ2n) is 15.3. The van der Waals surface area contributed by atoms with Gasteiger partial charge in [-0.15, -0.1) is 0 Å². The molecule has 1 rings (SSSR count). The first-order chi connectivity index (χ1) is 25.3. The minimum atomic E-state index is -1.61. The van der Waals surface area contributed by atoms with Gasteiger partial charge in [0.2, 0.25) is 5.91 Å². The first-order valence-corrected chi connectivity index (χ1v) is 21.5. The lowest BCUT2D eigenvalue weighted by Gasteiger charge is -2.40. The van der Waals surface area contributed by atoms with Crippen molar-refractivity contribution < 1.29 is 44.9 Å². The van der Waals surface area contributed by atoms with E-state index in [0.29, 0.717) is 6.42 Å². The largest absolute Gasteiger partial charge is 0.394 e. The molecular formula is C42H81NO9. The number of allylic oxidation sites excluding steroid dienone is 1. The fraction of sp³-hybridized carbons (Fsp3) is 0.929. The summed E-state index contributed by atoms with van der Waals surface area (Å²) in [5.74, 6) is -0.616. The maximum absolute atomic E-state index is 13.0. The molecule has 308 valence electrons. The van der Waals surface area contributed by atoms with Crippen LogP contribution in [-0.2, 0) is 14.3 Å². The number of ether oxygens (including phenoxy) is 2. The molecule has 8 atom stereocenters. The van der Waals surface area contributed by atoms with Crippen LogP contribution in [0.25, 0.3) is 0 Å². The highest BCUT2D eigenvalue weighted by molar-refractivity contribution is 5.80. The molecule has 1 fully saturated rings. The maximum Gasteiger partial charge on any atom is 0.249 e. The average Bonchev–Trinajstić information content (AvgIpc) is 3.14. The monoisotopic (exact) mass is 744 g/mol. The number of hydrogen-bond acceptors (Lipinski definition) is 9. The van der Waals surface area contributed by atoms with Gasteiger partial charge in [-0.2, -0.15) is 0 Å². The van der Waals surface area contributed by atoms with E-state index in [9.17, 15) is 35.4 Å². The van der Waals surface area contributed by atoms with E-state index in [1.165, 1.54) is 122 Å². The average molecular weight is 744 g/mol. The number of hydrogen-bond donors (Lipinski definition) is 7. The van der Waals surface area contributed by atoms with Gasteiger partial charge in [-0.05, 0) is 19.3 Å². The van der Waals surface area contributed by atoms with Gasteiger partial charge in [0.05, 0.1) is 25.4 Å². The molecule has 1 heterocycles. The van der Waals surface area contributed by atoms with Gasteiger partial charge in [-0.1, -0.05) is 180 Å². The Morgan fingerprint density at radius 3 is 1.56 bits per heavy atom. The minimum Gasteiger partial charge on any atom is -0.394 e. The highest BCUT2D eigenvalue weighted by atomic mass is 16.7. The van der Waals surface area contributed by atoms with Crippen LogP contribution in [0.2, 0.25) is 0 Å². The number of carbonyl (C=O) groups excluding carboxylic acids is 1. The van der Waals surface area contributed by atoms with Crippen LogP contribution in [0.5, 0.6) is 0 Å². The maximum atomic E-state index is 13.0. The summed E-state index contributed by atoms with van der Waals surface area (Å²) in [6.45, 7) is 3.59. The molecular weight excluding hydrogens is 662 g/mol. The standard InChI is InChI=1S/C42H81NO9/c1-3-5-7-9-11-13-15-17-19-21-23-25-27-29-31-36(46)41(50)43-34(33-51-42-40(49)39(48)38(47)37(32-44)52-42)35(45)30-28-26-24-22-20-18-16-14-12-10-8-6-4-2/h28,30,34-40,42,44-49H,3-27,29,31-33H2,1-2H3,(H,43,50)/b30-28+/t34-,35+,36+,37?,38-,39-,40?,42+/m0/s1. The Kier molecular flexibility index (Phi) is 31.3. The highest BCUT2D eigenvalue weighted by Gasteiger charge is 2.44. The summed E-state index contributed by atoms with van der Waals surface area (Å²) < 4.78 is 11.1. The molecule has 0 saturated carbocycles. The second-order valence-corrected chi connectivity index (χ2v) is 15.3. The van der Waals surface area contributed by atoms with Crippen molar-refractivity contribution in [1.29, 1.82) is 0 Å². The van der Waals surface area contributed by atoms with Gasteiger partial charge in [-0.3, -0.25) is 4.79 Å². The van der Waals surface area contributed by atoms with Crippen LogP contribution in [0, 0.1) is 0 Å². The summed E-state index contributed by atoms with van der Waals surface area (Å²) in [5.41, 5.74) is 0. The van der Waals surface area contributed by atoms with Crippen molar-refractivity contribution in [1.82, 2.24) is 5.32 Å². The van der Waals surface area contributed by atoms with Crippen LogP contribution < -0.4 is 5.32 Å². The van der Waals surface area contributed by atoms with E-state index in [-0.39, 0.29) is 6.61 Å². The first kappa shape index (κ1) is 48.9. The Hall–Kier alpha value is -1.11. The number of aliphatic hydroxyl groups excluding tert-OH is 6. The SMILES string of the molecule is CCCCCCCCCCCCC/C=C/[C@@H](O)[C@H](CO[C@@H]1OC(CO)[C@H](O)[C@H](O)C1O)NC(=O)[C@H](O)CCCCCCCCCCCCCCCC. The van der Waals surface area contributed by atoms with Crippen molar-refractivity contribution in [2.24, 2.45) is 0 Å². The number of rotatable bonds is 35. The number of carbonyl (C=O) groups is 1. The molecule has 10 nitrogen and oxygen atoms in total. The van der Waals surface area contributed by atoms with Crippen LogP contribution in [0.1, 0.15) is 187 Å². The fourth-order valence-corrected chi connectivity index (χ4v) is 6.87. The van der Waals surface area contributed by atoms with Crippen molar-refractivity contribution in [3.8, 4) is 0 Å². The van der Waals surface area contributed by atoms with E-state index in [1.807, 2.05) is 6.08 Å². The Labute approximate surface area is 317 Å². The molecule has 0 aliphatic carbocycles. The van der Waals surface area contributed by atoms with Gasteiger partial charge < -0.3 is 45.4 Å². The predicted octanol–water partition coefficient (Wildman–Crippen LogP) is 7.14. The third-order valence-corrected chi connectivity index (χ3v) is 10.5. The second kappa shape index (κ2) is 33.2.